The second-order valence-electron chi connectivity index (χ2n) is 7.31. The summed E-state index contributed by atoms with van der Waals surface area (Å²) in [6.45, 7) is 8.11. The predicted octanol–water partition coefficient (Wildman–Crippen LogP) is 5.02. The quantitative estimate of drug-likeness (QED) is 0.419. The third-order valence-electron chi connectivity index (χ3n) is 5.06. The molecule has 0 fully saturated rings. The van der Waals surface area contributed by atoms with Crippen molar-refractivity contribution in [2.45, 2.75) is 40.3 Å². The van der Waals surface area contributed by atoms with Gasteiger partial charge in [0.25, 0.3) is 5.89 Å². The molecule has 4 rings (SSSR count). The Morgan fingerprint density at radius 2 is 1.90 bits per heavy atom. The van der Waals surface area contributed by atoms with Gasteiger partial charge in [0.05, 0.1) is 18.4 Å². The predicted molar refractivity (Wildman–Crippen MR) is 110 cm³/mol. The molecule has 0 spiro atoms. The summed E-state index contributed by atoms with van der Waals surface area (Å²) in [6, 6.07) is 13.3. The smallest absolute Gasteiger partial charge is 0.340 e. The van der Waals surface area contributed by atoms with Crippen LogP contribution in [0.3, 0.4) is 0 Å². The molecule has 0 unspecified atom stereocenters. The molecule has 0 saturated carbocycles. The Bertz CT molecular complexity index is 1150. The molecule has 0 saturated heterocycles. The topological polar surface area (TPSA) is 83.3 Å². The van der Waals surface area contributed by atoms with Crippen LogP contribution < -0.4 is 0 Å². The first-order chi connectivity index (χ1) is 14.4. The largest absolute Gasteiger partial charge is 0.467 e. The van der Waals surface area contributed by atoms with Gasteiger partial charge in [-0.15, -0.1) is 10.2 Å². The number of carbonyl (C=O) groups is 1. The Morgan fingerprint density at radius 3 is 2.60 bits per heavy atom. The van der Waals surface area contributed by atoms with Gasteiger partial charge in [-0.2, -0.15) is 0 Å². The summed E-state index contributed by atoms with van der Waals surface area (Å²) in [6.07, 6.45) is 0.965. The number of rotatable bonds is 6. The van der Waals surface area contributed by atoms with E-state index in [1.54, 1.807) is 13.2 Å². The molecule has 7 nitrogen and oxygen atoms in total. The number of esters is 1. The number of furan rings is 1. The van der Waals surface area contributed by atoms with Crippen LogP contribution in [0.4, 0.5) is 0 Å². The molecule has 154 valence electrons. The van der Waals surface area contributed by atoms with Crippen molar-refractivity contribution in [3.05, 3.63) is 82.9 Å². The van der Waals surface area contributed by atoms with E-state index < -0.39 is 12.1 Å². The number of hydrogen-bond donors (Lipinski definition) is 0. The van der Waals surface area contributed by atoms with Gasteiger partial charge in [0, 0.05) is 17.0 Å². The van der Waals surface area contributed by atoms with Crippen LogP contribution in [0.1, 0.15) is 52.0 Å². The fourth-order valence-electron chi connectivity index (χ4n) is 3.30. The summed E-state index contributed by atoms with van der Waals surface area (Å²) in [4.78, 5) is 12.8. The molecular weight excluding hydrogens is 382 g/mol. The molecule has 0 radical (unpaired) electrons. The third kappa shape index (κ3) is 3.91. The SMILES string of the molecule is Cc1ccc(-c2nnc([C@@H](C)OC(=O)c3cc(C)n(Cc4ccco4)c3C)o2)cc1. The number of nitrogens with zero attached hydrogens (tertiary/aromatic N) is 3. The summed E-state index contributed by atoms with van der Waals surface area (Å²) in [5.41, 5.74) is 4.23. The molecule has 0 N–H and O–H groups in total. The summed E-state index contributed by atoms with van der Waals surface area (Å²) >= 11 is 0. The van der Waals surface area contributed by atoms with E-state index >= 15 is 0 Å². The van der Waals surface area contributed by atoms with E-state index in [-0.39, 0.29) is 5.89 Å². The van der Waals surface area contributed by atoms with Gasteiger partial charge in [-0.3, -0.25) is 0 Å². The average Bonchev–Trinajstić information content (AvgIpc) is 3.46. The summed E-state index contributed by atoms with van der Waals surface area (Å²) in [5.74, 6) is 1.03. The van der Waals surface area contributed by atoms with Crippen LogP contribution in [0, 0.1) is 20.8 Å². The Kier molecular flexibility index (Phi) is 5.27. The molecule has 7 heteroatoms. The highest BCUT2D eigenvalue weighted by molar-refractivity contribution is 5.91. The Balaban J connectivity index is 1.48. The zero-order chi connectivity index (χ0) is 21.3. The van der Waals surface area contributed by atoms with Crippen LogP contribution in [0.15, 0.2) is 57.6 Å². The number of hydrogen-bond acceptors (Lipinski definition) is 6. The number of carbonyl (C=O) groups excluding carboxylic acids is 1. The highest BCUT2D eigenvalue weighted by Gasteiger charge is 2.23. The lowest BCUT2D eigenvalue weighted by Gasteiger charge is -2.10. The molecule has 3 heterocycles. The van der Waals surface area contributed by atoms with Gasteiger partial charge in [-0.25, -0.2) is 4.79 Å². The van der Waals surface area contributed by atoms with Crippen LogP contribution in [0.25, 0.3) is 11.5 Å². The highest BCUT2D eigenvalue weighted by Crippen LogP contribution is 2.25. The maximum Gasteiger partial charge on any atom is 0.340 e. The second kappa shape index (κ2) is 8.02. The summed E-state index contributed by atoms with van der Waals surface area (Å²) in [7, 11) is 0. The van der Waals surface area contributed by atoms with Crippen molar-refractivity contribution < 1.29 is 18.4 Å². The lowest BCUT2D eigenvalue weighted by atomic mass is 10.1. The van der Waals surface area contributed by atoms with Crippen molar-refractivity contribution in [3.8, 4) is 11.5 Å². The molecular formula is C23H23N3O4. The molecule has 1 atom stereocenters. The molecule has 30 heavy (non-hydrogen) atoms. The van der Waals surface area contributed by atoms with Gasteiger partial charge in [-0.05, 0) is 58.0 Å². The zero-order valence-corrected chi connectivity index (χ0v) is 17.4. The van der Waals surface area contributed by atoms with E-state index in [4.69, 9.17) is 13.6 Å². The van der Waals surface area contributed by atoms with E-state index in [0.29, 0.717) is 18.0 Å². The monoisotopic (exact) mass is 405 g/mol. The van der Waals surface area contributed by atoms with Gasteiger partial charge in [0.1, 0.15) is 5.76 Å². The molecule has 3 aromatic heterocycles. The number of aryl methyl sites for hydroxylation is 2. The van der Waals surface area contributed by atoms with Crippen molar-refractivity contribution in [2.75, 3.05) is 0 Å². The first-order valence-electron chi connectivity index (χ1n) is 9.73. The van der Waals surface area contributed by atoms with Crippen LogP contribution in [-0.4, -0.2) is 20.7 Å². The van der Waals surface area contributed by atoms with Crippen LogP contribution >= 0.6 is 0 Å². The lowest BCUT2D eigenvalue weighted by Crippen LogP contribution is -2.11. The minimum Gasteiger partial charge on any atom is -0.467 e. The molecule has 0 aliphatic rings. The Morgan fingerprint density at radius 1 is 1.13 bits per heavy atom. The maximum absolute atomic E-state index is 12.8. The van der Waals surface area contributed by atoms with Gasteiger partial charge < -0.3 is 18.1 Å². The van der Waals surface area contributed by atoms with E-state index in [2.05, 4.69) is 10.2 Å². The number of aromatic nitrogens is 3. The molecule has 0 amide bonds. The number of ether oxygens (including phenoxy) is 1. The minimum absolute atomic E-state index is 0.253. The normalized spacial score (nSPS) is 12.1. The molecule has 0 bridgehead atoms. The molecule has 4 aromatic rings. The van der Waals surface area contributed by atoms with Crippen LogP contribution in [0.2, 0.25) is 0 Å². The Hall–Kier alpha value is -3.61. The van der Waals surface area contributed by atoms with Crippen LogP contribution in [0.5, 0.6) is 0 Å². The van der Waals surface area contributed by atoms with Crippen LogP contribution in [-0.2, 0) is 11.3 Å². The second-order valence-corrected chi connectivity index (χ2v) is 7.31. The van der Waals surface area contributed by atoms with Crippen molar-refractivity contribution >= 4 is 5.97 Å². The lowest BCUT2D eigenvalue weighted by molar-refractivity contribution is 0.0279. The molecule has 0 aliphatic heterocycles. The first-order valence-corrected chi connectivity index (χ1v) is 9.73. The molecule has 1 aromatic carbocycles. The van der Waals surface area contributed by atoms with Gasteiger partial charge in [0.2, 0.25) is 5.89 Å². The van der Waals surface area contributed by atoms with E-state index in [1.165, 1.54) is 0 Å². The standard InChI is InChI=1S/C23H23N3O4/c1-14-7-9-18(10-8-14)22-25-24-21(30-22)17(4)29-23(27)20-12-15(2)26(16(20)3)13-19-6-5-11-28-19/h5-12,17H,13H2,1-4H3/t17-/m1/s1. The average molecular weight is 405 g/mol. The van der Waals surface area contributed by atoms with E-state index in [1.807, 2.05) is 67.8 Å². The summed E-state index contributed by atoms with van der Waals surface area (Å²) in [5, 5.41) is 8.12. The maximum atomic E-state index is 12.8. The van der Waals surface area contributed by atoms with Gasteiger partial charge in [0.15, 0.2) is 6.10 Å². The fourth-order valence-corrected chi connectivity index (χ4v) is 3.30. The van der Waals surface area contributed by atoms with Gasteiger partial charge in [-0.1, -0.05) is 17.7 Å². The fraction of sp³-hybridized carbons (Fsp3) is 0.261. The van der Waals surface area contributed by atoms with Crippen molar-refractivity contribution in [1.82, 2.24) is 14.8 Å². The van der Waals surface area contributed by atoms with E-state index in [9.17, 15) is 4.79 Å². The highest BCUT2D eigenvalue weighted by atomic mass is 16.6. The number of benzene rings is 1. The molecule has 0 aliphatic carbocycles. The van der Waals surface area contributed by atoms with Crippen molar-refractivity contribution in [2.24, 2.45) is 0 Å². The summed E-state index contributed by atoms with van der Waals surface area (Å²) < 4.78 is 18.8. The van der Waals surface area contributed by atoms with Crippen molar-refractivity contribution in [1.29, 1.82) is 0 Å². The van der Waals surface area contributed by atoms with E-state index in [0.717, 1.165) is 28.3 Å². The minimum atomic E-state index is -0.669. The Labute approximate surface area is 174 Å². The van der Waals surface area contributed by atoms with Gasteiger partial charge >= 0.3 is 5.97 Å². The first kappa shape index (κ1) is 19.7. The van der Waals surface area contributed by atoms with Crippen molar-refractivity contribution in [3.63, 3.8) is 0 Å². The third-order valence-corrected chi connectivity index (χ3v) is 5.06. The zero-order valence-electron chi connectivity index (χ0n) is 17.4.